The molecule has 1 fully saturated rings. The van der Waals surface area contributed by atoms with Crippen LogP contribution in [0.15, 0.2) is 24.3 Å². The zero-order chi connectivity index (χ0) is 13.9. The summed E-state index contributed by atoms with van der Waals surface area (Å²) in [5.41, 5.74) is 1.35. The number of amides is 1. The van der Waals surface area contributed by atoms with Crippen molar-refractivity contribution in [2.24, 2.45) is 0 Å². The monoisotopic (exact) mass is 346 g/mol. The van der Waals surface area contributed by atoms with E-state index >= 15 is 0 Å². The summed E-state index contributed by atoms with van der Waals surface area (Å²) in [4.78, 5) is 11.6. The van der Waals surface area contributed by atoms with Crippen molar-refractivity contribution < 1.29 is 13.2 Å². The third kappa shape index (κ3) is 4.83. The summed E-state index contributed by atoms with van der Waals surface area (Å²) in [5, 5.41) is 2.91. The molecular formula is C12H15BrN2O3S. The van der Waals surface area contributed by atoms with Crippen molar-refractivity contribution >= 4 is 37.5 Å². The summed E-state index contributed by atoms with van der Waals surface area (Å²) in [7, 11) is -3.33. The number of sulfonamides is 1. The van der Waals surface area contributed by atoms with Crippen LogP contribution in [0, 0.1) is 0 Å². The summed E-state index contributed by atoms with van der Waals surface area (Å²) in [6, 6.07) is 7.16. The van der Waals surface area contributed by atoms with Crippen LogP contribution in [0.2, 0.25) is 0 Å². The number of hydrogen-bond donors (Lipinski definition) is 2. The van der Waals surface area contributed by atoms with Gasteiger partial charge in [0.25, 0.3) is 0 Å². The molecule has 0 heterocycles. The van der Waals surface area contributed by atoms with Gasteiger partial charge in [-0.3, -0.25) is 9.52 Å². The smallest absolute Gasteiger partial charge is 0.242 e. The van der Waals surface area contributed by atoms with Crippen molar-refractivity contribution in [1.29, 1.82) is 0 Å². The molecule has 7 heteroatoms. The van der Waals surface area contributed by atoms with E-state index in [1.54, 1.807) is 24.3 Å². The second kappa shape index (κ2) is 5.92. The minimum absolute atomic E-state index is 0.0105. The molecule has 0 bridgehead atoms. The zero-order valence-electron chi connectivity index (χ0n) is 10.2. The molecule has 0 saturated heterocycles. The van der Waals surface area contributed by atoms with Crippen LogP contribution in [0.5, 0.6) is 0 Å². The summed E-state index contributed by atoms with van der Waals surface area (Å²) < 4.78 is 24.9. The van der Waals surface area contributed by atoms with Gasteiger partial charge in [0.05, 0.1) is 6.42 Å². The Kier molecular flexibility index (Phi) is 4.46. The molecular weight excluding hydrogens is 332 g/mol. The van der Waals surface area contributed by atoms with Crippen LogP contribution in [0.3, 0.4) is 0 Å². The lowest BCUT2D eigenvalue weighted by Gasteiger charge is -2.07. The molecule has 2 rings (SSSR count). The number of benzene rings is 1. The van der Waals surface area contributed by atoms with Gasteiger partial charge < -0.3 is 5.32 Å². The third-order valence-electron chi connectivity index (χ3n) is 2.68. The van der Waals surface area contributed by atoms with Gasteiger partial charge in [-0.1, -0.05) is 28.1 Å². The lowest BCUT2D eigenvalue weighted by Crippen LogP contribution is -2.26. The average Bonchev–Trinajstić information content (AvgIpc) is 3.15. The highest BCUT2D eigenvalue weighted by Crippen LogP contribution is 2.19. The van der Waals surface area contributed by atoms with Crippen LogP contribution in [-0.2, 0) is 21.2 Å². The fourth-order valence-corrected chi connectivity index (χ4v) is 2.48. The second-order valence-corrected chi connectivity index (χ2v) is 7.57. The Morgan fingerprint density at radius 2 is 1.89 bits per heavy atom. The minimum atomic E-state index is -3.33. The molecule has 19 heavy (non-hydrogen) atoms. The summed E-state index contributed by atoms with van der Waals surface area (Å²) in [6.07, 6.45) is 2.46. The number of carbonyl (C=O) groups is 1. The third-order valence-corrected chi connectivity index (χ3v) is 5.32. The van der Waals surface area contributed by atoms with Gasteiger partial charge in [0.2, 0.25) is 15.9 Å². The maximum absolute atomic E-state index is 11.6. The summed E-state index contributed by atoms with van der Waals surface area (Å²) in [6.45, 7) is 0. The zero-order valence-corrected chi connectivity index (χ0v) is 12.6. The standard InChI is InChI=1S/C12H15BrN2O3S/c13-8-19(17,18)15-11-3-1-9(2-4-11)7-12(16)14-10-5-6-10/h1-4,10,15H,5-8H2,(H,14,16). The average molecular weight is 347 g/mol. The van der Waals surface area contributed by atoms with E-state index in [4.69, 9.17) is 0 Å². The predicted molar refractivity (Wildman–Crippen MR) is 77.6 cm³/mol. The number of anilines is 1. The number of halogens is 1. The molecule has 0 radical (unpaired) electrons. The van der Waals surface area contributed by atoms with Crippen molar-refractivity contribution in [3.05, 3.63) is 29.8 Å². The Bertz CT molecular complexity index is 553. The van der Waals surface area contributed by atoms with E-state index in [1.807, 2.05) is 0 Å². The number of nitrogens with one attached hydrogen (secondary N) is 2. The molecule has 0 spiro atoms. The van der Waals surface area contributed by atoms with Crippen LogP contribution in [0.25, 0.3) is 0 Å². The summed E-state index contributed by atoms with van der Waals surface area (Å²) >= 11 is 2.90. The molecule has 0 aromatic heterocycles. The van der Waals surface area contributed by atoms with E-state index in [0.717, 1.165) is 18.4 Å². The lowest BCUT2D eigenvalue weighted by molar-refractivity contribution is -0.120. The normalized spacial score (nSPS) is 15.0. The second-order valence-electron chi connectivity index (χ2n) is 4.54. The van der Waals surface area contributed by atoms with E-state index in [0.29, 0.717) is 18.2 Å². The molecule has 1 aromatic rings. The number of carbonyl (C=O) groups excluding carboxylic acids is 1. The molecule has 1 aliphatic carbocycles. The largest absolute Gasteiger partial charge is 0.353 e. The van der Waals surface area contributed by atoms with E-state index < -0.39 is 10.0 Å². The van der Waals surface area contributed by atoms with E-state index in [9.17, 15) is 13.2 Å². The first-order valence-electron chi connectivity index (χ1n) is 5.93. The molecule has 1 saturated carbocycles. The van der Waals surface area contributed by atoms with Crippen LogP contribution in [-0.4, -0.2) is 25.0 Å². The van der Waals surface area contributed by atoms with Gasteiger partial charge in [-0.15, -0.1) is 0 Å². The van der Waals surface area contributed by atoms with E-state index in [-0.39, 0.29) is 10.6 Å². The molecule has 0 aliphatic heterocycles. The van der Waals surface area contributed by atoms with Crippen molar-refractivity contribution in [2.75, 3.05) is 9.38 Å². The van der Waals surface area contributed by atoms with Crippen LogP contribution < -0.4 is 10.0 Å². The van der Waals surface area contributed by atoms with Crippen molar-refractivity contribution in [3.63, 3.8) is 0 Å². The van der Waals surface area contributed by atoms with Gasteiger partial charge in [0.15, 0.2) is 0 Å². The maximum atomic E-state index is 11.6. The predicted octanol–water partition coefficient (Wildman–Crippen LogP) is 1.60. The highest BCUT2D eigenvalue weighted by atomic mass is 79.9. The van der Waals surface area contributed by atoms with Crippen molar-refractivity contribution in [3.8, 4) is 0 Å². The van der Waals surface area contributed by atoms with Gasteiger partial charge in [-0.2, -0.15) is 0 Å². The molecule has 5 nitrogen and oxygen atoms in total. The van der Waals surface area contributed by atoms with Crippen LogP contribution >= 0.6 is 15.9 Å². The van der Waals surface area contributed by atoms with Gasteiger partial charge in [-0.25, -0.2) is 8.42 Å². The quantitative estimate of drug-likeness (QED) is 0.768. The Labute approximate surface area is 121 Å². The Hall–Kier alpha value is -1.08. The fraction of sp³-hybridized carbons (Fsp3) is 0.417. The molecule has 104 valence electrons. The molecule has 2 N–H and O–H groups in total. The number of rotatable bonds is 6. The van der Waals surface area contributed by atoms with Crippen LogP contribution in [0.1, 0.15) is 18.4 Å². The van der Waals surface area contributed by atoms with Crippen LogP contribution in [0.4, 0.5) is 5.69 Å². The number of hydrogen-bond acceptors (Lipinski definition) is 3. The maximum Gasteiger partial charge on any atom is 0.242 e. The van der Waals surface area contributed by atoms with E-state index in [2.05, 4.69) is 26.0 Å². The molecule has 1 aromatic carbocycles. The topological polar surface area (TPSA) is 75.3 Å². The van der Waals surface area contributed by atoms with Gasteiger partial charge in [0.1, 0.15) is 4.66 Å². The van der Waals surface area contributed by atoms with Gasteiger partial charge in [-0.05, 0) is 30.5 Å². The summed E-state index contributed by atoms with van der Waals surface area (Å²) in [5.74, 6) is 0.0105. The fourth-order valence-electron chi connectivity index (χ4n) is 1.59. The van der Waals surface area contributed by atoms with Crippen molar-refractivity contribution in [1.82, 2.24) is 5.32 Å². The molecule has 0 unspecified atom stereocenters. The Morgan fingerprint density at radius 3 is 2.42 bits per heavy atom. The first kappa shape index (κ1) is 14.3. The Morgan fingerprint density at radius 1 is 1.26 bits per heavy atom. The highest BCUT2D eigenvalue weighted by molar-refractivity contribution is 9.10. The molecule has 1 amide bonds. The molecule has 0 atom stereocenters. The first-order valence-corrected chi connectivity index (χ1v) is 8.70. The minimum Gasteiger partial charge on any atom is -0.353 e. The lowest BCUT2D eigenvalue weighted by atomic mass is 10.1. The van der Waals surface area contributed by atoms with Gasteiger partial charge >= 0.3 is 0 Å². The first-order chi connectivity index (χ1) is 8.98. The SMILES string of the molecule is O=C(Cc1ccc(NS(=O)(=O)CBr)cc1)NC1CC1. The number of alkyl halides is 1. The van der Waals surface area contributed by atoms with Crippen molar-refractivity contribution in [2.45, 2.75) is 25.3 Å². The molecule has 1 aliphatic rings. The van der Waals surface area contributed by atoms with E-state index in [1.165, 1.54) is 0 Å². The highest BCUT2D eigenvalue weighted by Gasteiger charge is 2.23. The van der Waals surface area contributed by atoms with Gasteiger partial charge in [0, 0.05) is 11.7 Å². The Balaban J connectivity index is 1.92.